The van der Waals surface area contributed by atoms with Crippen LogP contribution in [0.15, 0.2) is 29.8 Å². The van der Waals surface area contributed by atoms with Crippen LogP contribution in [0.3, 0.4) is 0 Å². The van der Waals surface area contributed by atoms with Crippen molar-refractivity contribution in [3.05, 3.63) is 41.0 Å². The molecule has 0 spiro atoms. The van der Waals surface area contributed by atoms with Gasteiger partial charge in [0.1, 0.15) is 12.1 Å². The Hall–Kier alpha value is -3.31. The third-order valence-corrected chi connectivity index (χ3v) is 8.03. The number of β-amino-alcohol motifs (C(OH)–C–C–N with tert-alkyl or cyclic N) is 1. The molecule has 3 amide bonds. The number of amides is 3. The summed E-state index contributed by atoms with van der Waals surface area (Å²) in [5.74, 6) is -1.36. The lowest BCUT2D eigenvalue weighted by atomic mass is 9.85. The van der Waals surface area contributed by atoms with Crippen LogP contribution in [0, 0.1) is 12.3 Å². The maximum Gasteiger partial charge on any atom is 0.305 e. The highest BCUT2D eigenvalue weighted by Gasteiger charge is 2.44. The molecule has 3 N–H and O–H groups in total. The van der Waals surface area contributed by atoms with E-state index in [1.165, 1.54) is 4.90 Å². The van der Waals surface area contributed by atoms with Crippen molar-refractivity contribution in [3.8, 4) is 10.4 Å². The largest absolute Gasteiger partial charge is 0.466 e. The minimum Gasteiger partial charge on any atom is -0.466 e. The first-order valence-corrected chi connectivity index (χ1v) is 15.0. The van der Waals surface area contributed by atoms with Gasteiger partial charge < -0.3 is 25.4 Å². The number of aliphatic hydroxyl groups is 1. The predicted octanol–water partition coefficient (Wildman–Crippen LogP) is 3.35. The zero-order valence-electron chi connectivity index (χ0n) is 24.6. The summed E-state index contributed by atoms with van der Waals surface area (Å²) in [4.78, 5) is 57.9. The number of hydrogen-bond acceptors (Lipinski definition) is 8. The van der Waals surface area contributed by atoms with E-state index in [-0.39, 0.29) is 50.1 Å². The average Bonchev–Trinajstić information content (AvgIpc) is 3.53. The van der Waals surface area contributed by atoms with Gasteiger partial charge in [0.05, 0.1) is 28.8 Å². The van der Waals surface area contributed by atoms with Crippen LogP contribution in [0.25, 0.3) is 10.4 Å². The van der Waals surface area contributed by atoms with Crippen LogP contribution < -0.4 is 10.6 Å². The van der Waals surface area contributed by atoms with Crippen LogP contribution in [0.2, 0.25) is 0 Å². The van der Waals surface area contributed by atoms with Crippen LogP contribution >= 0.6 is 11.3 Å². The number of carbonyl (C=O) groups is 4. The molecule has 3 atom stereocenters. The Balaban J connectivity index is 1.59. The molecule has 11 heteroatoms. The van der Waals surface area contributed by atoms with Crippen LogP contribution in [0.1, 0.15) is 71.1 Å². The van der Waals surface area contributed by atoms with Gasteiger partial charge in [-0.1, -0.05) is 45.0 Å². The van der Waals surface area contributed by atoms with E-state index in [1.807, 2.05) is 57.5 Å². The molecule has 0 bridgehead atoms. The number of ether oxygens (including phenoxy) is 1. The summed E-state index contributed by atoms with van der Waals surface area (Å²) in [5, 5.41) is 16.1. The molecule has 1 aliphatic rings. The number of hydrogen-bond donors (Lipinski definition) is 3. The standard InChI is InChI=1S/C30H42N4O6S/c1-6-40-25(37)10-8-7-9-24(36)33-27(30(3,4)5)29(39)34-17-22(35)15-23(34)28(38)31-16-20-11-13-21(14-12-20)26-19(2)32-18-41-26/h11-14,18,22-23,27,35H,6-10,15-17H2,1-5H3,(H,31,38)(H,33,36)/t22-,23+,27?/m1/s1. The molecule has 1 aromatic carbocycles. The maximum atomic E-state index is 13.7. The molecule has 0 aliphatic carbocycles. The molecule has 1 unspecified atom stereocenters. The minimum absolute atomic E-state index is 0.0157. The van der Waals surface area contributed by atoms with Crippen molar-refractivity contribution in [1.82, 2.24) is 20.5 Å². The van der Waals surface area contributed by atoms with Gasteiger partial charge in [-0.2, -0.15) is 0 Å². The number of rotatable bonds is 12. The summed E-state index contributed by atoms with van der Waals surface area (Å²) < 4.78 is 4.90. The van der Waals surface area contributed by atoms with Gasteiger partial charge in [0.25, 0.3) is 0 Å². The van der Waals surface area contributed by atoms with Crippen molar-refractivity contribution < 1.29 is 29.0 Å². The molecule has 10 nitrogen and oxygen atoms in total. The highest BCUT2D eigenvalue weighted by molar-refractivity contribution is 7.13. The first-order valence-electron chi connectivity index (χ1n) is 14.1. The SMILES string of the molecule is CCOC(=O)CCCCC(=O)NC(C(=O)N1C[C@H](O)C[C@H]1C(=O)NCc1ccc(-c2scnc2C)cc1)C(C)(C)C. The Bertz CT molecular complexity index is 1210. The maximum absolute atomic E-state index is 13.7. The Labute approximate surface area is 245 Å². The molecule has 0 saturated carbocycles. The van der Waals surface area contributed by atoms with Gasteiger partial charge in [-0.05, 0) is 43.2 Å². The van der Waals surface area contributed by atoms with Gasteiger partial charge in [-0.15, -0.1) is 11.3 Å². The second-order valence-corrected chi connectivity index (χ2v) is 12.3. The fraction of sp³-hybridized carbons (Fsp3) is 0.567. The highest BCUT2D eigenvalue weighted by atomic mass is 32.1. The van der Waals surface area contributed by atoms with Gasteiger partial charge in [0.2, 0.25) is 17.7 Å². The molecular weight excluding hydrogens is 544 g/mol. The number of aromatic nitrogens is 1. The highest BCUT2D eigenvalue weighted by Crippen LogP contribution is 2.28. The summed E-state index contributed by atoms with van der Waals surface area (Å²) in [7, 11) is 0. The monoisotopic (exact) mass is 586 g/mol. The molecule has 41 heavy (non-hydrogen) atoms. The third-order valence-electron chi connectivity index (χ3n) is 7.05. The molecule has 0 radical (unpaired) electrons. The Morgan fingerprint density at radius 3 is 2.44 bits per heavy atom. The van der Waals surface area contributed by atoms with E-state index in [9.17, 15) is 24.3 Å². The van der Waals surface area contributed by atoms with E-state index in [0.29, 0.717) is 19.4 Å². The first-order chi connectivity index (χ1) is 19.4. The number of nitrogens with one attached hydrogen (secondary N) is 2. The van der Waals surface area contributed by atoms with Crippen LogP contribution in [-0.2, 0) is 30.5 Å². The van der Waals surface area contributed by atoms with Crippen LogP contribution in [-0.4, -0.2) is 70.0 Å². The smallest absolute Gasteiger partial charge is 0.305 e. The molecule has 1 saturated heterocycles. The fourth-order valence-corrected chi connectivity index (χ4v) is 5.61. The number of thiazole rings is 1. The summed E-state index contributed by atoms with van der Waals surface area (Å²) >= 11 is 1.58. The van der Waals surface area contributed by atoms with E-state index in [1.54, 1.807) is 18.3 Å². The van der Waals surface area contributed by atoms with E-state index >= 15 is 0 Å². The second-order valence-electron chi connectivity index (χ2n) is 11.5. The summed E-state index contributed by atoms with van der Waals surface area (Å²) in [6.07, 6.45) is 0.673. The molecule has 3 rings (SSSR count). The van der Waals surface area contributed by atoms with E-state index in [0.717, 1.165) is 21.7 Å². The second kappa shape index (κ2) is 14.5. The lowest BCUT2D eigenvalue weighted by molar-refractivity contribution is -0.144. The zero-order valence-corrected chi connectivity index (χ0v) is 25.4. The number of nitrogens with zero attached hydrogens (tertiary/aromatic N) is 2. The number of aryl methyl sites for hydroxylation is 1. The van der Waals surface area contributed by atoms with Crippen molar-refractivity contribution in [1.29, 1.82) is 0 Å². The third kappa shape index (κ3) is 9.09. The van der Waals surface area contributed by atoms with Crippen molar-refractivity contribution >= 4 is 35.0 Å². The Morgan fingerprint density at radius 2 is 1.83 bits per heavy atom. The van der Waals surface area contributed by atoms with Crippen molar-refractivity contribution in [2.75, 3.05) is 13.2 Å². The topological polar surface area (TPSA) is 138 Å². The summed E-state index contributed by atoms with van der Waals surface area (Å²) in [6.45, 7) is 9.85. The van der Waals surface area contributed by atoms with Crippen LogP contribution in [0.5, 0.6) is 0 Å². The van der Waals surface area contributed by atoms with Gasteiger partial charge in [-0.25, -0.2) is 4.98 Å². The molecule has 2 heterocycles. The van der Waals surface area contributed by atoms with Crippen LogP contribution in [0.4, 0.5) is 0 Å². The molecule has 1 fully saturated rings. The lowest BCUT2D eigenvalue weighted by Crippen LogP contribution is -2.57. The Morgan fingerprint density at radius 1 is 1.15 bits per heavy atom. The number of unbranched alkanes of at least 4 members (excludes halogenated alkanes) is 1. The van der Waals surface area contributed by atoms with Gasteiger partial charge in [0.15, 0.2) is 0 Å². The molecular formula is C30H42N4O6S. The first kappa shape index (κ1) is 32.2. The fourth-order valence-electron chi connectivity index (χ4n) is 4.80. The van der Waals surface area contributed by atoms with Gasteiger partial charge in [-0.3, -0.25) is 19.2 Å². The predicted molar refractivity (Wildman–Crippen MR) is 157 cm³/mol. The average molecular weight is 587 g/mol. The number of carbonyl (C=O) groups excluding carboxylic acids is 4. The molecule has 1 aromatic heterocycles. The zero-order chi connectivity index (χ0) is 30.2. The normalized spacial score (nSPS) is 17.7. The molecule has 2 aromatic rings. The molecule has 224 valence electrons. The summed E-state index contributed by atoms with van der Waals surface area (Å²) in [6, 6.07) is 6.14. The van der Waals surface area contributed by atoms with Gasteiger partial charge in [0, 0.05) is 32.4 Å². The number of benzene rings is 1. The number of likely N-dealkylation sites (tertiary alicyclic amines) is 1. The lowest BCUT2D eigenvalue weighted by Gasteiger charge is -2.35. The van der Waals surface area contributed by atoms with E-state index in [2.05, 4.69) is 15.6 Å². The molecule has 1 aliphatic heterocycles. The quantitative estimate of drug-likeness (QED) is 0.256. The van der Waals surface area contributed by atoms with Gasteiger partial charge >= 0.3 is 5.97 Å². The minimum atomic E-state index is -0.886. The number of aliphatic hydroxyl groups excluding tert-OH is 1. The summed E-state index contributed by atoms with van der Waals surface area (Å²) in [5.41, 5.74) is 4.11. The van der Waals surface area contributed by atoms with Crippen molar-refractivity contribution in [2.24, 2.45) is 5.41 Å². The van der Waals surface area contributed by atoms with E-state index in [4.69, 9.17) is 4.74 Å². The number of esters is 1. The van der Waals surface area contributed by atoms with Crippen molar-refractivity contribution in [2.45, 2.75) is 91.5 Å². The Kier molecular flexibility index (Phi) is 11.4. The van der Waals surface area contributed by atoms with E-state index < -0.39 is 29.5 Å². The van der Waals surface area contributed by atoms with Crippen molar-refractivity contribution in [3.63, 3.8) is 0 Å².